The molecule has 0 unspecified atom stereocenters. The summed E-state index contributed by atoms with van der Waals surface area (Å²) in [5.41, 5.74) is -0.163. The third-order valence-corrected chi connectivity index (χ3v) is 4.52. The van der Waals surface area contributed by atoms with Crippen LogP contribution in [0.15, 0.2) is 52.9 Å². The van der Waals surface area contributed by atoms with E-state index < -0.39 is 17.6 Å². The normalized spacial score (nSPS) is 14.2. The summed E-state index contributed by atoms with van der Waals surface area (Å²) < 4.78 is 43.3. The van der Waals surface area contributed by atoms with Gasteiger partial charge in [0.2, 0.25) is 17.7 Å². The maximum Gasteiger partial charge on any atom is 0.416 e. The lowest BCUT2D eigenvalue weighted by Crippen LogP contribution is -2.28. The summed E-state index contributed by atoms with van der Waals surface area (Å²) in [6, 6.07) is 9.75. The lowest BCUT2D eigenvalue weighted by atomic mass is 10.1. The maximum absolute atomic E-state index is 12.7. The number of carbonyl (C=O) groups excluding carboxylic acids is 3. The van der Waals surface area contributed by atoms with Crippen LogP contribution in [0.4, 0.5) is 24.9 Å². The molecule has 1 aliphatic rings. The number of rotatable bonds is 4. The average Bonchev–Trinajstić information content (AvgIpc) is 3.34. The van der Waals surface area contributed by atoms with Crippen LogP contribution in [-0.4, -0.2) is 27.9 Å². The second-order valence-corrected chi connectivity index (χ2v) is 6.61. The van der Waals surface area contributed by atoms with Crippen LogP contribution in [0.2, 0.25) is 0 Å². The zero-order chi connectivity index (χ0) is 22.2. The lowest BCUT2D eigenvalue weighted by molar-refractivity contribution is -0.137. The molecule has 8 nitrogen and oxygen atoms in total. The molecule has 2 heterocycles. The molecule has 1 saturated heterocycles. The van der Waals surface area contributed by atoms with Crippen molar-refractivity contribution in [1.29, 1.82) is 0 Å². The summed E-state index contributed by atoms with van der Waals surface area (Å²) in [6.07, 6.45) is -4.24. The summed E-state index contributed by atoms with van der Waals surface area (Å²) in [6.45, 7) is 0. The van der Waals surface area contributed by atoms with Crippen LogP contribution in [-0.2, 0) is 15.8 Å². The van der Waals surface area contributed by atoms with Crippen molar-refractivity contribution in [3.8, 4) is 11.5 Å². The summed E-state index contributed by atoms with van der Waals surface area (Å²) in [5.74, 6) is -1.41. The van der Waals surface area contributed by atoms with Crippen molar-refractivity contribution in [2.24, 2.45) is 0 Å². The fourth-order valence-electron chi connectivity index (χ4n) is 3.01. The molecule has 11 heteroatoms. The third-order valence-electron chi connectivity index (χ3n) is 4.52. The molecule has 1 N–H and O–H groups in total. The Bertz CT molecular complexity index is 1160. The standard InChI is InChI=1S/C20H13F3N4O4/c21-20(22,23)13-6-4-11(5-7-13)18-25-26-19(31-18)24-17(30)12-2-1-3-14(10-12)27-15(28)8-9-16(27)29/h1-7,10H,8-9H2,(H,24,26,30). The predicted molar refractivity (Wildman–Crippen MR) is 101 cm³/mol. The Balaban J connectivity index is 1.49. The van der Waals surface area contributed by atoms with Crippen molar-refractivity contribution in [3.63, 3.8) is 0 Å². The Morgan fingerprint density at radius 1 is 1.00 bits per heavy atom. The quantitative estimate of drug-likeness (QED) is 0.634. The first-order valence-electron chi connectivity index (χ1n) is 9.01. The molecule has 158 valence electrons. The summed E-state index contributed by atoms with van der Waals surface area (Å²) in [4.78, 5) is 37.3. The van der Waals surface area contributed by atoms with Gasteiger partial charge in [0.1, 0.15) is 0 Å². The summed E-state index contributed by atoms with van der Waals surface area (Å²) >= 11 is 0. The minimum atomic E-state index is -4.47. The van der Waals surface area contributed by atoms with Gasteiger partial charge in [-0.3, -0.25) is 24.6 Å². The van der Waals surface area contributed by atoms with Crippen LogP contribution in [0.25, 0.3) is 11.5 Å². The number of aromatic nitrogens is 2. The highest BCUT2D eigenvalue weighted by atomic mass is 19.4. The predicted octanol–water partition coefficient (Wildman–Crippen LogP) is 3.66. The van der Waals surface area contributed by atoms with E-state index in [0.29, 0.717) is 0 Å². The van der Waals surface area contributed by atoms with E-state index in [2.05, 4.69) is 15.5 Å². The number of hydrogen-bond acceptors (Lipinski definition) is 6. The Morgan fingerprint density at radius 3 is 2.32 bits per heavy atom. The minimum Gasteiger partial charge on any atom is -0.403 e. The van der Waals surface area contributed by atoms with E-state index >= 15 is 0 Å². The SMILES string of the molecule is O=C(Nc1nnc(-c2ccc(C(F)(F)F)cc2)o1)c1cccc(N2C(=O)CCC2=O)c1. The van der Waals surface area contributed by atoms with Crippen LogP contribution < -0.4 is 10.2 Å². The first kappa shape index (κ1) is 20.3. The summed E-state index contributed by atoms with van der Waals surface area (Å²) in [7, 11) is 0. The van der Waals surface area contributed by atoms with Gasteiger partial charge in [0, 0.05) is 24.0 Å². The molecule has 0 spiro atoms. The second kappa shape index (κ2) is 7.67. The molecule has 3 amide bonds. The number of imide groups is 1. The number of anilines is 2. The second-order valence-electron chi connectivity index (χ2n) is 6.61. The van der Waals surface area contributed by atoms with E-state index in [4.69, 9.17) is 4.42 Å². The van der Waals surface area contributed by atoms with Crippen molar-refractivity contribution in [2.45, 2.75) is 19.0 Å². The molecule has 3 aromatic rings. The van der Waals surface area contributed by atoms with Crippen molar-refractivity contribution >= 4 is 29.4 Å². The number of halogens is 3. The van der Waals surface area contributed by atoms with Crippen LogP contribution in [0.1, 0.15) is 28.8 Å². The van der Waals surface area contributed by atoms with Crippen molar-refractivity contribution in [3.05, 3.63) is 59.7 Å². The van der Waals surface area contributed by atoms with E-state index in [-0.39, 0.29) is 53.4 Å². The van der Waals surface area contributed by atoms with Gasteiger partial charge in [-0.05, 0) is 42.5 Å². The molecule has 0 aliphatic carbocycles. The highest BCUT2D eigenvalue weighted by molar-refractivity contribution is 6.20. The topological polar surface area (TPSA) is 105 Å². The molecule has 4 rings (SSSR count). The van der Waals surface area contributed by atoms with Gasteiger partial charge in [0.25, 0.3) is 5.91 Å². The van der Waals surface area contributed by atoms with Crippen molar-refractivity contribution in [2.75, 3.05) is 10.2 Å². The summed E-state index contributed by atoms with van der Waals surface area (Å²) in [5, 5.41) is 9.76. The van der Waals surface area contributed by atoms with Crippen molar-refractivity contribution < 1.29 is 32.0 Å². The maximum atomic E-state index is 12.7. The van der Waals surface area contributed by atoms with E-state index in [9.17, 15) is 27.6 Å². The fourth-order valence-corrected chi connectivity index (χ4v) is 3.01. The first-order valence-corrected chi connectivity index (χ1v) is 9.01. The van der Waals surface area contributed by atoms with E-state index in [0.717, 1.165) is 17.0 Å². The number of nitrogens with zero attached hydrogens (tertiary/aromatic N) is 3. The van der Waals surface area contributed by atoms with Crippen molar-refractivity contribution in [1.82, 2.24) is 10.2 Å². The van der Waals surface area contributed by atoms with Gasteiger partial charge in [-0.1, -0.05) is 11.2 Å². The number of nitrogens with one attached hydrogen (secondary N) is 1. The Kier molecular flexibility index (Phi) is 5.01. The van der Waals surface area contributed by atoms with Gasteiger partial charge < -0.3 is 4.42 Å². The molecule has 1 fully saturated rings. The van der Waals surface area contributed by atoms with Gasteiger partial charge in [-0.15, -0.1) is 5.10 Å². The van der Waals surface area contributed by atoms with Gasteiger partial charge >= 0.3 is 12.2 Å². The highest BCUT2D eigenvalue weighted by Crippen LogP contribution is 2.31. The van der Waals surface area contributed by atoms with E-state index in [1.165, 1.54) is 36.4 Å². The van der Waals surface area contributed by atoms with Crippen LogP contribution >= 0.6 is 0 Å². The van der Waals surface area contributed by atoms with E-state index in [1.54, 1.807) is 0 Å². The molecule has 0 radical (unpaired) electrons. The molecular weight excluding hydrogens is 417 g/mol. The number of amides is 3. The molecule has 2 aromatic carbocycles. The molecule has 0 atom stereocenters. The number of hydrogen-bond donors (Lipinski definition) is 1. The minimum absolute atomic E-state index is 0.0777. The fraction of sp³-hybridized carbons (Fsp3) is 0.150. The molecule has 1 aliphatic heterocycles. The number of carbonyl (C=O) groups is 3. The zero-order valence-electron chi connectivity index (χ0n) is 15.6. The van der Waals surface area contributed by atoms with Gasteiger partial charge in [0.15, 0.2) is 0 Å². The smallest absolute Gasteiger partial charge is 0.403 e. The molecule has 0 bridgehead atoms. The van der Waals surface area contributed by atoms with Gasteiger partial charge in [-0.2, -0.15) is 13.2 Å². The Labute approximate surface area is 172 Å². The first-order chi connectivity index (χ1) is 14.7. The Hall–Kier alpha value is -4.02. The molecular formula is C20H13F3N4O4. The number of benzene rings is 2. The highest BCUT2D eigenvalue weighted by Gasteiger charge is 2.31. The van der Waals surface area contributed by atoms with Crippen LogP contribution in [0.5, 0.6) is 0 Å². The average molecular weight is 430 g/mol. The largest absolute Gasteiger partial charge is 0.416 e. The number of alkyl halides is 3. The molecule has 31 heavy (non-hydrogen) atoms. The Morgan fingerprint density at radius 2 is 1.68 bits per heavy atom. The monoisotopic (exact) mass is 430 g/mol. The van der Waals surface area contributed by atoms with Gasteiger partial charge in [0.05, 0.1) is 11.3 Å². The van der Waals surface area contributed by atoms with Gasteiger partial charge in [-0.25, -0.2) is 0 Å². The van der Waals surface area contributed by atoms with Crippen LogP contribution in [0.3, 0.4) is 0 Å². The molecule has 1 aromatic heterocycles. The third kappa shape index (κ3) is 4.15. The zero-order valence-corrected chi connectivity index (χ0v) is 15.6. The van der Waals surface area contributed by atoms with Crippen LogP contribution in [0, 0.1) is 0 Å². The van der Waals surface area contributed by atoms with E-state index in [1.807, 2.05) is 0 Å². The lowest BCUT2D eigenvalue weighted by Gasteiger charge is -2.14. The molecule has 0 saturated carbocycles.